The van der Waals surface area contributed by atoms with Crippen LogP contribution in [0.25, 0.3) is 5.70 Å². The molecule has 4 N–H and O–H groups in total. The van der Waals surface area contributed by atoms with Crippen molar-refractivity contribution in [2.75, 3.05) is 26.7 Å². The van der Waals surface area contributed by atoms with Gasteiger partial charge in [0.05, 0.1) is 28.9 Å². The van der Waals surface area contributed by atoms with E-state index in [0.29, 0.717) is 22.5 Å². The highest BCUT2D eigenvalue weighted by atomic mass is 16.6. The molecule has 4 rings (SSSR count). The number of likely N-dealkylation sites (tertiary alicyclic amines) is 1. The van der Waals surface area contributed by atoms with Crippen LogP contribution in [0.4, 0.5) is 4.79 Å². The van der Waals surface area contributed by atoms with Crippen LogP contribution >= 0.6 is 0 Å². The van der Waals surface area contributed by atoms with E-state index in [2.05, 4.69) is 4.98 Å². The predicted octanol–water partition coefficient (Wildman–Crippen LogP) is 3.16. The largest absolute Gasteiger partial charge is 0.489 e. The number of amides is 1. The summed E-state index contributed by atoms with van der Waals surface area (Å²) >= 11 is 0. The number of rotatable bonds is 6. The molecule has 2 aliphatic carbocycles. The molecule has 0 aromatic carbocycles. The average Bonchev–Trinajstić information content (AvgIpc) is 3.38. The molecule has 31 heavy (non-hydrogen) atoms. The Morgan fingerprint density at radius 2 is 2.00 bits per heavy atom. The Labute approximate surface area is 184 Å². The monoisotopic (exact) mass is 429 g/mol. The number of ether oxygens (including phenoxy) is 2. The lowest BCUT2D eigenvalue weighted by Gasteiger charge is -2.24. The van der Waals surface area contributed by atoms with E-state index >= 15 is 0 Å². The van der Waals surface area contributed by atoms with Crippen LogP contribution in [0, 0.1) is 12.3 Å². The third kappa shape index (κ3) is 5.06. The maximum Gasteiger partial charge on any atom is 0.410 e. The minimum atomic E-state index is -0.309. The summed E-state index contributed by atoms with van der Waals surface area (Å²) in [5, 5.41) is 1.39. The van der Waals surface area contributed by atoms with Crippen molar-refractivity contribution in [2.45, 2.75) is 64.4 Å². The quantitative estimate of drug-likeness (QED) is 0.528. The van der Waals surface area contributed by atoms with Gasteiger partial charge in [-0.15, -0.1) is 0 Å². The van der Waals surface area contributed by atoms with Gasteiger partial charge in [0.15, 0.2) is 0 Å². The third-order valence-electron chi connectivity index (χ3n) is 6.88. The molecule has 0 atom stereocenters. The van der Waals surface area contributed by atoms with Gasteiger partial charge in [-0.1, -0.05) is 6.42 Å². The van der Waals surface area contributed by atoms with Gasteiger partial charge in [0.25, 0.3) is 0 Å². The number of pyridine rings is 1. The van der Waals surface area contributed by atoms with Crippen molar-refractivity contribution in [3.63, 3.8) is 0 Å². The Hall–Kier alpha value is -2.48. The maximum atomic E-state index is 12.5. The molecule has 0 bridgehead atoms. The summed E-state index contributed by atoms with van der Waals surface area (Å²) < 4.78 is 11.7. The van der Waals surface area contributed by atoms with E-state index in [4.69, 9.17) is 21.1 Å². The second-order valence-corrected chi connectivity index (χ2v) is 9.36. The number of nitrogens with zero attached hydrogens (tertiary/aromatic N) is 3. The highest BCUT2D eigenvalue weighted by Gasteiger charge is 2.49. The minimum absolute atomic E-state index is 0.00220. The highest BCUT2D eigenvalue weighted by Crippen LogP contribution is 2.52. The number of likely N-dealkylation sites (N-methyl/N-ethyl adjacent to an activating group) is 1. The van der Waals surface area contributed by atoms with Gasteiger partial charge < -0.3 is 25.1 Å². The smallest absolute Gasteiger partial charge is 0.410 e. The number of aromatic nitrogens is 1. The Kier molecular flexibility index (Phi) is 6.27. The second kappa shape index (κ2) is 8.94. The number of hydrogen-bond acceptors (Lipinski definition) is 7. The van der Waals surface area contributed by atoms with Crippen molar-refractivity contribution in [3.8, 4) is 5.75 Å². The number of aryl methyl sites for hydroxylation is 1. The zero-order chi connectivity index (χ0) is 22.0. The molecule has 1 aromatic rings. The summed E-state index contributed by atoms with van der Waals surface area (Å²) in [5.74, 6) is 6.79. The summed E-state index contributed by atoms with van der Waals surface area (Å²) in [6, 6.07) is 3.75. The highest BCUT2D eigenvalue weighted by molar-refractivity contribution is 5.69. The van der Waals surface area contributed by atoms with Crippen molar-refractivity contribution < 1.29 is 14.3 Å². The van der Waals surface area contributed by atoms with Gasteiger partial charge >= 0.3 is 6.09 Å². The number of hydrogen-bond donors (Lipinski definition) is 2. The molecule has 0 radical (unpaired) electrons. The third-order valence-corrected chi connectivity index (χ3v) is 6.88. The molecule has 8 nitrogen and oxygen atoms in total. The fraction of sp³-hybridized carbons (Fsp3) is 0.652. The number of carbonyl (C=O) groups excluding carboxylic acids is 1. The van der Waals surface area contributed by atoms with Gasteiger partial charge in [0.2, 0.25) is 0 Å². The molecule has 1 saturated heterocycles. The molecular weight excluding hydrogens is 394 g/mol. The van der Waals surface area contributed by atoms with Crippen molar-refractivity contribution in [1.82, 2.24) is 14.9 Å². The fourth-order valence-electron chi connectivity index (χ4n) is 4.60. The normalized spacial score (nSPS) is 21.1. The molecular formula is C23H35N5O3. The number of nitrogens with two attached hydrogens (primary N) is 2. The van der Waals surface area contributed by atoms with Gasteiger partial charge in [-0.25, -0.2) is 15.6 Å². The lowest BCUT2D eigenvalue weighted by molar-refractivity contribution is 0.111. The second-order valence-electron chi connectivity index (χ2n) is 9.36. The molecule has 2 heterocycles. The molecule has 3 fully saturated rings. The van der Waals surface area contributed by atoms with Crippen molar-refractivity contribution in [1.29, 1.82) is 0 Å². The van der Waals surface area contributed by atoms with Crippen LogP contribution in [0.3, 0.4) is 0 Å². The molecule has 8 heteroatoms. The SMILES string of the molecule is Cc1nc(/C(N)=C(\COC(=O)N2CCC3(CC3)C2)N(C)N)ccc1OC1CCCCC1. The van der Waals surface area contributed by atoms with Crippen LogP contribution in [0.2, 0.25) is 0 Å². The molecule has 170 valence electrons. The predicted molar refractivity (Wildman–Crippen MR) is 119 cm³/mol. The van der Waals surface area contributed by atoms with E-state index in [-0.39, 0.29) is 18.8 Å². The lowest BCUT2D eigenvalue weighted by atomic mass is 9.98. The Bertz CT molecular complexity index is 844. The van der Waals surface area contributed by atoms with E-state index in [1.165, 1.54) is 37.1 Å². The van der Waals surface area contributed by atoms with Crippen LogP contribution in [-0.2, 0) is 4.74 Å². The standard InChI is InChI=1S/C23H35N5O3/c1-16-20(31-17-6-4-3-5-7-17)9-8-18(26-16)21(24)19(27(2)25)14-30-22(29)28-13-12-23(15-28)10-11-23/h8-9,17H,3-7,10-15,24-25H2,1-2H3/b21-19-. The van der Waals surface area contributed by atoms with Gasteiger partial charge in [0.1, 0.15) is 12.4 Å². The zero-order valence-corrected chi connectivity index (χ0v) is 18.7. The number of carbonyl (C=O) groups is 1. The van der Waals surface area contributed by atoms with Crippen LogP contribution in [0.1, 0.15) is 62.8 Å². The van der Waals surface area contributed by atoms with E-state index in [0.717, 1.165) is 43.8 Å². The van der Waals surface area contributed by atoms with Crippen LogP contribution in [-0.4, -0.2) is 53.8 Å². The van der Waals surface area contributed by atoms with Crippen LogP contribution in [0.15, 0.2) is 17.8 Å². The van der Waals surface area contributed by atoms with Gasteiger partial charge in [-0.3, -0.25) is 0 Å². The molecule has 3 aliphatic rings. The molecule has 1 aromatic heterocycles. The topological polar surface area (TPSA) is 107 Å². The first kappa shape index (κ1) is 21.7. The summed E-state index contributed by atoms with van der Waals surface area (Å²) in [5.41, 5.74) is 9.04. The fourth-order valence-corrected chi connectivity index (χ4v) is 4.60. The molecule has 1 spiro atoms. The van der Waals surface area contributed by atoms with Crippen molar-refractivity contribution in [2.24, 2.45) is 17.0 Å². The average molecular weight is 430 g/mol. The van der Waals surface area contributed by atoms with E-state index in [1.54, 1.807) is 11.9 Å². The van der Waals surface area contributed by atoms with E-state index < -0.39 is 0 Å². The van der Waals surface area contributed by atoms with E-state index in [9.17, 15) is 4.79 Å². The van der Waals surface area contributed by atoms with Crippen molar-refractivity contribution in [3.05, 3.63) is 29.2 Å². The molecule has 1 aliphatic heterocycles. The van der Waals surface area contributed by atoms with E-state index in [1.807, 2.05) is 19.1 Å². The zero-order valence-electron chi connectivity index (χ0n) is 18.7. The summed E-state index contributed by atoms with van der Waals surface area (Å²) in [6.45, 7) is 3.47. The first-order valence-electron chi connectivity index (χ1n) is 11.4. The minimum Gasteiger partial charge on any atom is -0.489 e. The number of hydrazine groups is 1. The van der Waals surface area contributed by atoms with Crippen LogP contribution in [0.5, 0.6) is 5.75 Å². The Morgan fingerprint density at radius 1 is 1.26 bits per heavy atom. The Morgan fingerprint density at radius 3 is 2.61 bits per heavy atom. The summed E-state index contributed by atoms with van der Waals surface area (Å²) in [6.07, 6.45) is 9.36. The van der Waals surface area contributed by atoms with Gasteiger partial charge in [-0.05, 0) is 69.4 Å². The van der Waals surface area contributed by atoms with Crippen LogP contribution < -0.4 is 16.3 Å². The Balaban J connectivity index is 1.41. The molecule has 0 unspecified atom stereocenters. The summed E-state index contributed by atoms with van der Waals surface area (Å²) in [4.78, 5) is 18.9. The maximum absolute atomic E-state index is 12.5. The van der Waals surface area contributed by atoms with Crippen molar-refractivity contribution >= 4 is 11.8 Å². The molecule has 2 saturated carbocycles. The lowest BCUT2D eigenvalue weighted by Crippen LogP contribution is -2.34. The van der Waals surface area contributed by atoms with Gasteiger partial charge in [-0.2, -0.15) is 0 Å². The first-order chi connectivity index (χ1) is 14.9. The van der Waals surface area contributed by atoms with Gasteiger partial charge in [0, 0.05) is 20.1 Å². The summed E-state index contributed by atoms with van der Waals surface area (Å²) in [7, 11) is 1.68. The first-order valence-corrected chi connectivity index (χ1v) is 11.4. The molecule has 1 amide bonds.